The predicted molar refractivity (Wildman–Crippen MR) is 123 cm³/mol. The van der Waals surface area contributed by atoms with Gasteiger partial charge in [0.2, 0.25) is 5.89 Å². The second-order valence-corrected chi connectivity index (χ2v) is 7.36. The summed E-state index contributed by atoms with van der Waals surface area (Å²) >= 11 is 0. The molecule has 9 heteroatoms. The normalized spacial score (nSPS) is 10.9. The Bertz CT molecular complexity index is 1470. The minimum atomic E-state index is -0.453. The van der Waals surface area contributed by atoms with Gasteiger partial charge in [-0.15, -0.1) is 0 Å². The van der Waals surface area contributed by atoms with Gasteiger partial charge in [-0.3, -0.25) is 14.8 Å². The van der Waals surface area contributed by atoms with Crippen molar-refractivity contribution in [2.75, 3.05) is 5.73 Å². The Labute approximate surface area is 188 Å². The summed E-state index contributed by atoms with van der Waals surface area (Å²) in [6, 6.07) is 15.1. The van der Waals surface area contributed by atoms with Crippen molar-refractivity contribution in [3.63, 3.8) is 0 Å². The Balaban J connectivity index is 1.56. The maximum Gasteiger partial charge on any atom is 0.274 e. The van der Waals surface area contributed by atoms with E-state index >= 15 is 0 Å². The van der Waals surface area contributed by atoms with Gasteiger partial charge in [-0.1, -0.05) is 18.2 Å². The van der Waals surface area contributed by atoms with E-state index in [2.05, 4.69) is 30.2 Å². The van der Waals surface area contributed by atoms with Gasteiger partial charge >= 0.3 is 0 Å². The van der Waals surface area contributed by atoms with Crippen molar-refractivity contribution in [2.45, 2.75) is 13.5 Å². The number of nitrogen functional groups attached to an aromatic ring is 1. The molecule has 1 amide bonds. The minimum Gasteiger partial charge on any atom is -0.443 e. The number of nitrogens with one attached hydrogen (secondary N) is 1. The van der Waals surface area contributed by atoms with Crippen LogP contribution in [-0.2, 0) is 6.54 Å². The fraction of sp³-hybridized carbons (Fsp3) is 0.0833. The van der Waals surface area contributed by atoms with Crippen LogP contribution in [0.5, 0.6) is 0 Å². The first-order valence-electron chi connectivity index (χ1n) is 10.2. The van der Waals surface area contributed by atoms with Crippen molar-refractivity contribution in [2.24, 2.45) is 0 Å². The molecule has 4 heterocycles. The lowest BCUT2D eigenvalue weighted by molar-refractivity contribution is 0.0946. The number of nitrogens with zero attached hydrogens (tertiary/aromatic N) is 5. The van der Waals surface area contributed by atoms with Gasteiger partial charge in [-0.2, -0.15) is 0 Å². The van der Waals surface area contributed by atoms with Crippen LogP contribution in [0.25, 0.3) is 33.7 Å². The van der Waals surface area contributed by atoms with Gasteiger partial charge in [0.25, 0.3) is 5.91 Å². The zero-order chi connectivity index (χ0) is 22.8. The van der Waals surface area contributed by atoms with Crippen LogP contribution in [0, 0.1) is 6.92 Å². The molecule has 1 aromatic carbocycles. The smallest absolute Gasteiger partial charge is 0.274 e. The van der Waals surface area contributed by atoms with Gasteiger partial charge in [0.15, 0.2) is 17.2 Å². The molecule has 0 spiro atoms. The SMILES string of the molecule is Cc1cccc(CNC(=O)c2nc(-c3ccc4ncccc4c3)c(-c3ncco3)nc2N)n1. The van der Waals surface area contributed by atoms with Gasteiger partial charge in [-0.05, 0) is 37.3 Å². The summed E-state index contributed by atoms with van der Waals surface area (Å²) in [4.78, 5) is 34.9. The number of aryl methyl sites for hydroxylation is 1. The van der Waals surface area contributed by atoms with Crippen LogP contribution in [0.1, 0.15) is 21.9 Å². The Kier molecular flexibility index (Phi) is 5.19. The van der Waals surface area contributed by atoms with Gasteiger partial charge < -0.3 is 15.5 Å². The molecule has 0 fully saturated rings. The fourth-order valence-electron chi connectivity index (χ4n) is 3.48. The van der Waals surface area contributed by atoms with Crippen molar-refractivity contribution in [1.29, 1.82) is 0 Å². The number of amides is 1. The summed E-state index contributed by atoms with van der Waals surface area (Å²) in [6.45, 7) is 2.13. The molecule has 0 atom stereocenters. The second-order valence-electron chi connectivity index (χ2n) is 7.36. The summed E-state index contributed by atoms with van der Waals surface area (Å²) in [5, 5.41) is 3.73. The standard InChI is InChI=1S/C24H19N7O2/c1-14-4-2-6-17(29-14)13-28-23(32)21-22(25)31-20(24-27-10-11-33-24)19(30-21)16-7-8-18-15(12-16)5-3-9-26-18/h2-12H,13H2,1H3,(H2,25,31)(H,28,32). The van der Waals surface area contributed by atoms with E-state index in [-0.39, 0.29) is 23.9 Å². The number of pyridine rings is 2. The number of aromatic nitrogens is 5. The number of carbonyl (C=O) groups excluding carboxylic acids is 1. The molecule has 0 saturated heterocycles. The first-order chi connectivity index (χ1) is 16.1. The second kappa shape index (κ2) is 8.46. The van der Waals surface area contributed by atoms with Gasteiger partial charge in [0, 0.05) is 22.8 Å². The number of carbonyl (C=O) groups is 1. The van der Waals surface area contributed by atoms with Crippen molar-refractivity contribution in [3.05, 3.63) is 84.3 Å². The third kappa shape index (κ3) is 4.11. The van der Waals surface area contributed by atoms with Crippen molar-refractivity contribution in [3.8, 4) is 22.8 Å². The molecule has 4 aromatic heterocycles. The molecule has 0 bridgehead atoms. The molecule has 0 aliphatic heterocycles. The highest BCUT2D eigenvalue weighted by Crippen LogP contribution is 2.31. The molecular weight excluding hydrogens is 418 g/mol. The zero-order valence-corrected chi connectivity index (χ0v) is 17.7. The summed E-state index contributed by atoms with van der Waals surface area (Å²) in [7, 11) is 0. The van der Waals surface area contributed by atoms with Crippen molar-refractivity contribution >= 4 is 22.6 Å². The molecule has 3 N–H and O–H groups in total. The first kappa shape index (κ1) is 20.3. The summed E-state index contributed by atoms with van der Waals surface area (Å²) in [5.74, 6) is -0.221. The molecular formula is C24H19N7O2. The van der Waals surface area contributed by atoms with E-state index in [1.165, 1.54) is 12.5 Å². The number of hydrogen-bond donors (Lipinski definition) is 2. The Hall–Kier alpha value is -4.66. The molecule has 162 valence electrons. The monoisotopic (exact) mass is 437 g/mol. The van der Waals surface area contributed by atoms with E-state index in [1.807, 2.05) is 55.5 Å². The van der Waals surface area contributed by atoms with Crippen LogP contribution in [0.15, 0.2) is 71.6 Å². The van der Waals surface area contributed by atoms with Crippen LogP contribution >= 0.6 is 0 Å². The Morgan fingerprint density at radius 1 is 1.00 bits per heavy atom. The van der Waals surface area contributed by atoms with Crippen LogP contribution in [0.3, 0.4) is 0 Å². The predicted octanol–water partition coefficient (Wildman–Crippen LogP) is 3.56. The van der Waals surface area contributed by atoms with E-state index in [0.717, 1.165) is 27.9 Å². The lowest BCUT2D eigenvalue weighted by Crippen LogP contribution is -2.26. The molecule has 33 heavy (non-hydrogen) atoms. The largest absolute Gasteiger partial charge is 0.443 e. The van der Waals surface area contributed by atoms with E-state index < -0.39 is 5.91 Å². The number of fused-ring (bicyclic) bond motifs is 1. The maximum absolute atomic E-state index is 12.9. The lowest BCUT2D eigenvalue weighted by atomic mass is 10.1. The number of oxazole rings is 1. The number of benzene rings is 1. The summed E-state index contributed by atoms with van der Waals surface area (Å²) in [6.07, 6.45) is 4.68. The van der Waals surface area contributed by atoms with E-state index in [4.69, 9.17) is 10.2 Å². The van der Waals surface area contributed by atoms with E-state index in [1.54, 1.807) is 6.20 Å². The Morgan fingerprint density at radius 3 is 2.73 bits per heavy atom. The summed E-state index contributed by atoms with van der Waals surface area (Å²) in [5.41, 5.74) is 10.1. The molecule has 5 aromatic rings. The lowest BCUT2D eigenvalue weighted by Gasteiger charge is -2.12. The summed E-state index contributed by atoms with van der Waals surface area (Å²) < 4.78 is 5.45. The number of nitrogens with two attached hydrogens (primary N) is 1. The highest BCUT2D eigenvalue weighted by molar-refractivity contribution is 5.98. The minimum absolute atomic E-state index is 0.0132. The van der Waals surface area contributed by atoms with Crippen LogP contribution in [0.4, 0.5) is 5.82 Å². The van der Waals surface area contributed by atoms with Crippen LogP contribution in [-0.4, -0.2) is 30.8 Å². The number of anilines is 1. The molecule has 0 aliphatic rings. The third-order valence-electron chi connectivity index (χ3n) is 5.03. The zero-order valence-electron chi connectivity index (χ0n) is 17.7. The third-order valence-corrected chi connectivity index (χ3v) is 5.03. The molecule has 0 unspecified atom stereocenters. The highest BCUT2D eigenvalue weighted by atomic mass is 16.3. The molecule has 0 aliphatic carbocycles. The number of hydrogen-bond acceptors (Lipinski definition) is 8. The molecule has 9 nitrogen and oxygen atoms in total. The van der Waals surface area contributed by atoms with E-state index in [0.29, 0.717) is 11.4 Å². The molecule has 0 radical (unpaired) electrons. The number of rotatable bonds is 5. The topological polar surface area (TPSA) is 133 Å². The average Bonchev–Trinajstić information content (AvgIpc) is 3.37. The van der Waals surface area contributed by atoms with Crippen molar-refractivity contribution < 1.29 is 9.21 Å². The highest BCUT2D eigenvalue weighted by Gasteiger charge is 2.22. The maximum atomic E-state index is 12.9. The van der Waals surface area contributed by atoms with Crippen LogP contribution in [0.2, 0.25) is 0 Å². The first-order valence-corrected chi connectivity index (χ1v) is 10.2. The van der Waals surface area contributed by atoms with Gasteiger partial charge in [0.1, 0.15) is 12.0 Å². The van der Waals surface area contributed by atoms with Gasteiger partial charge in [0.05, 0.1) is 24.0 Å². The quantitative estimate of drug-likeness (QED) is 0.426. The molecule has 5 rings (SSSR count). The fourth-order valence-corrected chi connectivity index (χ4v) is 3.48. The Morgan fingerprint density at radius 2 is 1.91 bits per heavy atom. The molecule has 0 saturated carbocycles. The average molecular weight is 437 g/mol. The van der Waals surface area contributed by atoms with E-state index in [9.17, 15) is 4.79 Å². The van der Waals surface area contributed by atoms with Crippen molar-refractivity contribution in [1.82, 2.24) is 30.2 Å². The van der Waals surface area contributed by atoms with Gasteiger partial charge in [-0.25, -0.2) is 15.0 Å². The van der Waals surface area contributed by atoms with Crippen LogP contribution < -0.4 is 11.1 Å².